The van der Waals surface area contributed by atoms with E-state index in [4.69, 9.17) is 4.74 Å². The van der Waals surface area contributed by atoms with Gasteiger partial charge >= 0.3 is 0 Å². The Bertz CT molecular complexity index is 1150. The van der Waals surface area contributed by atoms with Crippen molar-refractivity contribution in [1.29, 1.82) is 0 Å². The Morgan fingerprint density at radius 1 is 1.36 bits per heavy atom. The lowest BCUT2D eigenvalue weighted by molar-refractivity contribution is -0.136. The van der Waals surface area contributed by atoms with Crippen molar-refractivity contribution in [2.24, 2.45) is 5.92 Å². The van der Waals surface area contributed by atoms with E-state index in [0.29, 0.717) is 30.9 Å². The number of nitrogens with zero attached hydrogens (tertiary/aromatic N) is 4. The van der Waals surface area contributed by atoms with Crippen molar-refractivity contribution in [2.45, 2.75) is 45.3 Å². The highest BCUT2D eigenvalue weighted by Crippen LogP contribution is 2.24. The van der Waals surface area contributed by atoms with Crippen molar-refractivity contribution < 1.29 is 24.5 Å². The quantitative estimate of drug-likeness (QED) is 0.495. The number of carbonyl (C=O) groups excluding carboxylic acids is 2. The number of fused-ring (bicyclic) bond motifs is 1. The number of aliphatic hydroxyl groups is 1. The molecular weight excluding hydrogens is 430 g/mol. The number of rotatable bonds is 7. The Morgan fingerprint density at radius 2 is 2.12 bits per heavy atom. The molecule has 1 aliphatic heterocycles. The molecule has 1 aliphatic carbocycles. The van der Waals surface area contributed by atoms with Gasteiger partial charge in [-0.15, -0.1) is 0 Å². The van der Waals surface area contributed by atoms with E-state index in [1.165, 1.54) is 27.8 Å². The van der Waals surface area contributed by atoms with Gasteiger partial charge in [0.25, 0.3) is 11.5 Å². The van der Waals surface area contributed by atoms with E-state index in [1.807, 2.05) is 13.8 Å². The Kier molecular flexibility index (Phi) is 6.52. The second-order valence-electron chi connectivity index (χ2n) is 8.87. The standard InChI is InChI=1S/C22H29N5O6/c1-13(2)10-26-20-14(3-6-17(29)25-7-8-33-12-16(25)11-28)9-23-27(20)22(32)18(21(26)31)19(30)24-15-4-5-15/h3,6,9,13,15-16,28,31H,4-5,7-8,10-12H2,1-2H3,(H,24,30)/b6-3+/t16-/m0/s1. The zero-order valence-electron chi connectivity index (χ0n) is 18.7. The first-order valence-electron chi connectivity index (χ1n) is 11.1. The van der Waals surface area contributed by atoms with Gasteiger partial charge in [0.05, 0.1) is 32.1 Å². The van der Waals surface area contributed by atoms with Gasteiger partial charge in [-0.3, -0.25) is 19.0 Å². The third-order valence-electron chi connectivity index (χ3n) is 5.73. The molecule has 2 amide bonds. The predicted octanol–water partition coefficient (Wildman–Crippen LogP) is -0.0173. The van der Waals surface area contributed by atoms with Crippen molar-refractivity contribution in [3.63, 3.8) is 0 Å². The Labute approximate surface area is 190 Å². The molecule has 0 unspecified atom stereocenters. The largest absolute Gasteiger partial charge is 0.494 e. The van der Waals surface area contributed by atoms with Gasteiger partial charge in [0.1, 0.15) is 5.65 Å². The summed E-state index contributed by atoms with van der Waals surface area (Å²) < 4.78 is 7.87. The monoisotopic (exact) mass is 459 g/mol. The van der Waals surface area contributed by atoms with Crippen molar-refractivity contribution in [1.82, 2.24) is 24.4 Å². The summed E-state index contributed by atoms with van der Waals surface area (Å²) >= 11 is 0. The number of aromatic hydroxyl groups is 1. The van der Waals surface area contributed by atoms with E-state index in [0.717, 1.165) is 17.4 Å². The number of aromatic nitrogens is 3. The smallest absolute Gasteiger partial charge is 0.291 e. The van der Waals surface area contributed by atoms with E-state index in [1.54, 1.807) is 0 Å². The molecule has 33 heavy (non-hydrogen) atoms. The number of aliphatic hydroxyl groups excluding tert-OH is 1. The average molecular weight is 460 g/mol. The Morgan fingerprint density at radius 3 is 2.79 bits per heavy atom. The Balaban J connectivity index is 1.74. The van der Waals surface area contributed by atoms with Crippen LogP contribution in [0, 0.1) is 5.92 Å². The molecule has 1 atom stereocenters. The lowest BCUT2D eigenvalue weighted by Crippen LogP contribution is -2.49. The summed E-state index contributed by atoms with van der Waals surface area (Å²) in [6.45, 7) is 5.03. The lowest BCUT2D eigenvalue weighted by Gasteiger charge is -2.33. The minimum absolute atomic E-state index is 0.0237. The first-order valence-corrected chi connectivity index (χ1v) is 11.1. The van der Waals surface area contributed by atoms with E-state index in [2.05, 4.69) is 10.4 Å². The number of carbonyl (C=O) groups is 2. The fourth-order valence-corrected chi connectivity index (χ4v) is 3.90. The van der Waals surface area contributed by atoms with Crippen molar-refractivity contribution in [3.05, 3.63) is 33.8 Å². The second-order valence-corrected chi connectivity index (χ2v) is 8.87. The molecule has 0 aromatic carbocycles. The highest BCUT2D eigenvalue weighted by molar-refractivity contribution is 5.97. The van der Waals surface area contributed by atoms with Crippen molar-refractivity contribution in [2.75, 3.05) is 26.4 Å². The van der Waals surface area contributed by atoms with Crippen molar-refractivity contribution >= 4 is 23.5 Å². The molecule has 1 saturated heterocycles. The molecule has 0 bridgehead atoms. The minimum Gasteiger partial charge on any atom is -0.494 e. The summed E-state index contributed by atoms with van der Waals surface area (Å²) in [6.07, 6.45) is 5.98. The third kappa shape index (κ3) is 4.64. The summed E-state index contributed by atoms with van der Waals surface area (Å²) in [7, 11) is 0. The van der Waals surface area contributed by atoms with Gasteiger partial charge in [0.15, 0.2) is 5.56 Å². The molecule has 1 saturated carbocycles. The highest BCUT2D eigenvalue weighted by atomic mass is 16.5. The molecule has 2 fully saturated rings. The number of nitrogens with one attached hydrogen (secondary N) is 1. The summed E-state index contributed by atoms with van der Waals surface area (Å²) in [5.41, 5.74) is -0.331. The van der Waals surface area contributed by atoms with Crippen LogP contribution in [0.15, 0.2) is 17.1 Å². The maximum Gasteiger partial charge on any atom is 0.291 e. The maximum absolute atomic E-state index is 13.0. The van der Waals surface area contributed by atoms with Crippen LogP contribution in [0.4, 0.5) is 0 Å². The fourth-order valence-electron chi connectivity index (χ4n) is 3.90. The number of amides is 2. The van der Waals surface area contributed by atoms with E-state index < -0.39 is 23.4 Å². The van der Waals surface area contributed by atoms with Crippen LogP contribution in [0.1, 0.15) is 42.6 Å². The summed E-state index contributed by atoms with van der Waals surface area (Å²) in [5.74, 6) is -1.26. The number of morpholine rings is 1. The van der Waals surface area contributed by atoms with E-state index in [9.17, 15) is 24.6 Å². The van der Waals surface area contributed by atoms with Gasteiger partial charge in [-0.05, 0) is 24.8 Å². The van der Waals surface area contributed by atoms with Crippen LogP contribution in [-0.2, 0) is 16.1 Å². The molecule has 2 aromatic rings. The zero-order valence-corrected chi connectivity index (χ0v) is 18.7. The average Bonchev–Trinajstić information content (AvgIpc) is 3.50. The van der Waals surface area contributed by atoms with Gasteiger partial charge in [-0.2, -0.15) is 9.61 Å². The van der Waals surface area contributed by atoms with E-state index in [-0.39, 0.29) is 36.6 Å². The number of hydrogen-bond donors (Lipinski definition) is 3. The summed E-state index contributed by atoms with van der Waals surface area (Å²) in [4.78, 5) is 39.9. The molecule has 2 aromatic heterocycles. The lowest BCUT2D eigenvalue weighted by atomic mass is 10.2. The van der Waals surface area contributed by atoms with Crippen molar-refractivity contribution in [3.8, 4) is 5.88 Å². The molecule has 0 spiro atoms. The van der Waals surface area contributed by atoms with E-state index >= 15 is 0 Å². The normalized spacial score (nSPS) is 19.0. The van der Waals surface area contributed by atoms with Crippen LogP contribution in [0.5, 0.6) is 5.88 Å². The molecule has 178 valence electrons. The maximum atomic E-state index is 13.0. The molecule has 3 heterocycles. The topological polar surface area (TPSA) is 138 Å². The number of ether oxygens (including phenoxy) is 1. The SMILES string of the molecule is CC(C)Cn1c(O)c(C(=O)NC2CC2)c(=O)n2ncc(/C=C/C(=O)N3CCOC[C@@H]3CO)c12. The molecule has 11 nitrogen and oxygen atoms in total. The van der Waals surface area contributed by atoms with Crippen LogP contribution in [0.3, 0.4) is 0 Å². The van der Waals surface area contributed by atoms with Gasteiger partial charge in [-0.1, -0.05) is 13.8 Å². The molecule has 0 radical (unpaired) electrons. The summed E-state index contributed by atoms with van der Waals surface area (Å²) in [5, 5.41) is 27.3. The van der Waals surface area contributed by atoms with Crippen LogP contribution < -0.4 is 10.9 Å². The zero-order chi connectivity index (χ0) is 23.7. The molecule has 2 aliphatic rings. The summed E-state index contributed by atoms with van der Waals surface area (Å²) in [6, 6.07) is -0.397. The van der Waals surface area contributed by atoms with Crippen LogP contribution >= 0.6 is 0 Å². The van der Waals surface area contributed by atoms with Gasteiger partial charge < -0.3 is 25.2 Å². The first kappa shape index (κ1) is 23.0. The van der Waals surface area contributed by atoms with Crippen LogP contribution in [0.25, 0.3) is 11.7 Å². The predicted molar refractivity (Wildman–Crippen MR) is 119 cm³/mol. The van der Waals surface area contributed by atoms with Crippen LogP contribution in [0.2, 0.25) is 0 Å². The number of hydrogen-bond acceptors (Lipinski definition) is 7. The van der Waals surface area contributed by atoms with Gasteiger partial charge in [-0.25, -0.2) is 0 Å². The highest BCUT2D eigenvalue weighted by Gasteiger charge is 2.30. The second kappa shape index (κ2) is 9.36. The minimum atomic E-state index is -0.722. The first-order chi connectivity index (χ1) is 15.8. The molecule has 3 N–H and O–H groups in total. The molecule has 11 heteroatoms. The third-order valence-corrected chi connectivity index (χ3v) is 5.73. The molecular formula is C22H29N5O6. The van der Waals surface area contributed by atoms with Gasteiger partial charge in [0, 0.05) is 30.8 Å². The van der Waals surface area contributed by atoms with Gasteiger partial charge in [0.2, 0.25) is 11.8 Å². The molecule has 4 rings (SSSR count). The Hall–Kier alpha value is -3.18. The van der Waals surface area contributed by atoms with Crippen LogP contribution in [-0.4, -0.2) is 79.6 Å². The fraction of sp³-hybridized carbons (Fsp3) is 0.545.